The third-order valence-electron chi connectivity index (χ3n) is 4.51. The summed E-state index contributed by atoms with van der Waals surface area (Å²) >= 11 is 0. The molecule has 1 aliphatic rings. The number of carboxylic acid groups (broad SMARTS) is 1. The average molecular weight is 397 g/mol. The van der Waals surface area contributed by atoms with Gasteiger partial charge in [0.05, 0.1) is 4.92 Å². The zero-order chi connectivity index (χ0) is 21.2. The van der Waals surface area contributed by atoms with Gasteiger partial charge in [0, 0.05) is 17.7 Å². The Morgan fingerprint density at radius 2 is 1.45 bits per heavy atom. The Kier molecular flexibility index (Phi) is 8.02. The highest BCUT2D eigenvalue weighted by Gasteiger charge is 2.25. The zero-order valence-electron chi connectivity index (χ0n) is 15.7. The van der Waals surface area contributed by atoms with Gasteiger partial charge in [-0.2, -0.15) is 0 Å². The van der Waals surface area contributed by atoms with Gasteiger partial charge >= 0.3 is 0 Å². The topological polar surface area (TPSA) is 129 Å². The molecule has 1 aliphatic carbocycles. The van der Waals surface area contributed by atoms with Crippen LogP contribution in [0.1, 0.15) is 52.8 Å². The lowest BCUT2D eigenvalue weighted by Crippen LogP contribution is -2.43. The van der Waals surface area contributed by atoms with Gasteiger partial charge < -0.3 is 15.2 Å². The number of ketones is 2. The van der Waals surface area contributed by atoms with Crippen molar-refractivity contribution < 1.29 is 24.4 Å². The molecule has 152 valence electrons. The highest BCUT2D eigenvalue weighted by molar-refractivity contribution is 6.49. The minimum Gasteiger partial charge on any atom is -0.530 e. The lowest BCUT2D eigenvalue weighted by atomic mass is 9.96. The molecule has 3 rings (SSSR count). The molecule has 8 nitrogen and oxygen atoms in total. The van der Waals surface area contributed by atoms with Crippen LogP contribution in [0.25, 0.3) is 0 Å². The normalized spacial score (nSPS) is 13.5. The van der Waals surface area contributed by atoms with Crippen molar-refractivity contribution in [2.75, 3.05) is 0 Å². The van der Waals surface area contributed by atoms with Gasteiger partial charge in [-0.05, 0) is 18.9 Å². The van der Waals surface area contributed by atoms with Crippen LogP contribution in [0.4, 0.5) is 10.5 Å². The number of hydrogen-bond donors (Lipinski definition) is 1. The summed E-state index contributed by atoms with van der Waals surface area (Å²) in [7, 11) is 0. The lowest BCUT2D eigenvalue weighted by Gasteiger charge is -2.23. The molecule has 0 atom stereocenters. The monoisotopic (exact) mass is 397 g/mol. The van der Waals surface area contributed by atoms with Gasteiger partial charge in [0.25, 0.3) is 5.69 Å². The second kappa shape index (κ2) is 10.7. The summed E-state index contributed by atoms with van der Waals surface area (Å²) in [6, 6.07) is 13.5. The third kappa shape index (κ3) is 6.53. The molecular formula is C21H21N2O6-. The second-order valence-electron chi connectivity index (χ2n) is 6.57. The molecule has 8 heteroatoms. The molecule has 29 heavy (non-hydrogen) atoms. The molecule has 1 fully saturated rings. The number of hydrogen-bond acceptors (Lipinski definition) is 6. The maximum atomic E-state index is 12.0. The number of Topliss-reactive ketones (excluding diaryl/α,β-unsaturated/α-hetero) is 2. The van der Waals surface area contributed by atoms with Crippen LogP contribution in [0, 0.1) is 10.1 Å². The van der Waals surface area contributed by atoms with Gasteiger partial charge in [0.2, 0.25) is 11.6 Å². The Morgan fingerprint density at radius 1 is 0.862 bits per heavy atom. The second-order valence-corrected chi connectivity index (χ2v) is 6.57. The first-order valence-electron chi connectivity index (χ1n) is 9.25. The number of nitrogens with one attached hydrogen (secondary N) is 1. The van der Waals surface area contributed by atoms with Gasteiger partial charge in [-0.3, -0.25) is 19.7 Å². The van der Waals surface area contributed by atoms with Crippen molar-refractivity contribution in [3.05, 3.63) is 75.8 Å². The molecule has 1 amide bonds. The van der Waals surface area contributed by atoms with Crippen LogP contribution >= 0.6 is 0 Å². The molecule has 0 radical (unpaired) electrons. The molecule has 0 bridgehead atoms. The fourth-order valence-corrected chi connectivity index (χ4v) is 3.08. The number of carbonyl (C=O) groups excluding carboxylic acids is 3. The summed E-state index contributed by atoms with van der Waals surface area (Å²) in [6.45, 7) is 0. The molecule has 0 heterocycles. The van der Waals surface area contributed by atoms with Crippen LogP contribution in [-0.2, 0) is 0 Å². The highest BCUT2D eigenvalue weighted by atomic mass is 16.6. The molecule has 0 spiro atoms. The van der Waals surface area contributed by atoms with Crippen molar-refractivity contribution in [1.82, 2.24) is 5.32 Å². The van der Waals surface area contributed by atoms with Crippen molar-refractivity contribution in [3.63, 3.8) is 0 Å². The number of benzene rings is 2. The standard InChI is InChI=1S/C14H9NO4.C7H13NO2/c16-13(10-6-2-1-3-7-10)14(17)11-8-4-5-9-12(11)15(18)19;9-7(10)8-6-4-2-1-3-5-6/h1-9H;6,8H,1-5H2,(H,9,10)/p-1. The van der Waals surface area contributed by atoms with Crippen molar-refractivity contribution in [2.24, 2.45) is 0 Å². The largest absolute Gasteiger partial charge is 0.530 e. The number of rotatable bonds is 5. The highest BCUT2D eigenvalue weighted by Crippen LogP contribution is 2.20. The first kappa shape index (κ1) is 21.7. The predicted octanol–water partition coefficient (Wildman–Crippen LogP) is 2.91. The summed E-state index contributed by atoms with van der Waals surface area (Å²) < 4.78 is 0. The Labute approximate surface area is 167 Å². The van der Waals surface area contributed by atoms with Crippen molar-refractivity contribution in [3.8, 4) is 0 Å². The molecule has 0 saturated heterocycles. The maximum Gasteiger partial charge on any atom is 0.280 e. The van der Waals surface area contributed by atoms with Gasteiger partial charge in [-0.15, -0.1) is 0 Å². The van der Waals surface area contributed by atoms with E-state index in [2.05, 4.69) is 5.32 Å². The number of amides is 1. The summed E-state index contributed by atoms with van der Waals surface area (Å²) in [4.78, 5) is 44.2. The number of carbonyl (C=O) groups is 3. The molecule has 1 saturated carbocycles. The van der Waals surface area contributed by atoms with Gasteiger partial charge in [-0.25, -0.2) is 0 Å². The van der Waals surface area contributed by atoms with E-state index >= 15 is 0 Å². The predicted molar refractivity (Wildman–Crippen MR) is 104 cm³/mol. The van der Waals surface area contributed by atoms with Crippen LogP contribution in [0.2, 0.25) is 0 Å². The van der Waals surface area contributed by atoms with Crippen LogP contribution in [0.3, 0.4) is 0 Å². The molecule has 0 aromatic heterocycles. The first-order valence-corrected chi connectivity index (χ1v) is 9.25. The summed E-state index contributed by atoms with van der Waals surface area (Å²) in [6.07, 6.45) is 4.36. The van der Waals surface area contributed by atoms with Crippen molar-refractivity contribution in [1.29, 1.82) is 0 Å². The number of para-hydroxylation sites is 1. The van der Waals surface area contributed by atoms with Crippen molar-refractivity contribution in [2.45, 2.75) is 38.1 Å². The van der Waals surface area contributed by atoms with Crippen molar-refractivity contribution >= 4 is 23.3 Å². The molecule has 0 aliphatic heterocycles. The number of nitrogens with zero attached hydrogens (tertiary/aromatic N) is 1. The quantitative estimate of drug-likeness (QED) is 0.357. The van der Waals surface area contributed by atoms with Crippen LogP contribution < -0.4 is 10.4 Å². The maximum absolute atomic E-state index is 12.0. The van der Waals surface area contributed by atoms with Crippen LogP contribution in [-0.4, -0.2) is 28.6 Å². The van der Waals surface area contributed by atoms with Gasteiger partial charge in [-0.1, -0.05) is 61.7 Å². The van der Waals surface area contributed by atoms with Crippen LogP contribution in [0.5, 0.6) is 0 Å². The van der Waals surface area contributed by atoms with E-state index in [9.17, 15) is 29.6 Å². The molecular weight excluding hydrogens is 376 g/mol. The molecule has 1 N–H and O–H groups in total. The smallest absolute Gasteiger partial charge is 0.280 e. The molecule has 0 unspecified atom stereocenters. The van der Waals surface area contributed by atoms with E-state index in [1.165, 1.54) is 42.8 Å². The summed E-state index contributed by atoms with van der Waals surface area (Å²) in [5.74, 6) is -1.63. The Balaban J connectivity index is 0.000000253. The number of nitro benzene ring substituents is 1. The number of nitro groups is 1. The van der Waals surface area contributed by atoms with E-state index in [0.717, 1.165) is 25.7 Å². The SMILES string of the molecule is O=C(C(=O)c1ccccc1[N+](=O)[O-])c1ccccc1.O=C([O-])NC1CCCCC1. The fraction of sp³-hybridized carbons (Fsp3) is 0.286. The Morgan fingerprint density at radius 3 is 2.03 bits per heavy atom. The van der Waals surface area contributed by atoms with Gasteiger partial charge in [0.1, 0.15) is 11.7 Å². The summed E-state index contributed by atoms with van der Waals surface area (Å²) in [5.41, 5.74) is -0.344. The van der Waals surface area contributed by atoms with E-state index in [1.807, 2.05) is 0 Å². The first-order chi connectivity index (χ1) is 13.9. The van der Waals surface area contributed by atoms with Crippen LogP contribution in [0.15, 0.2) is 54.6 Å². The fourth-order valence-electron chi connectivity index (χ4n) is 3.08. The Hall–Kier alpha value is -3.55. The minimum absolute atomic E-state index is 0.166. The minimum atomic E-state index is -1.13. The third-order valence-corrected chi connectivity index (χ3v) is 4.51. The lowest BCUT2D eigenvalue weighted by molar-refractivity contribution is -0.385. The zero-order valence-corrected chi connectivity index (χ0v) is 15.7. The van der Waals surface area contributed by atoms with E-state index in [1.54, 1.807) is 18.2 Å². The van der Waals surface area contributed by atoms with E-state index in [-0.39, 0.29) is 22.9 Å². The average Bonchev–Trinajstić information content (AvgIpc) is 2.74. The van der Waals surface area contributed by atoms with E-state index in [4.69, 9.17) is 0 Å². The van der Waals surface area contributed by atoms with E-state index < -0.39 is 22.6 Å². The summed E-state index contributed by atoms with van der Waals surface area (Å²) in [5, 5.41) is 23.3. The molecule has 2 aromatic carbocycles. The Bertz CT molecular complexity index is 876. The van der Waals surface area contributed by atoms with Gasteiger partial charge in [0.15, 0.2) is 0 Å². The molecule has 2 aromatic rings. The van der Waals surface area contributed by atoms with E-state index in [0.29, 0.717) is 0 Å².